The van der Waals surface area contributed by atoms with E-state index in [2.05, 4.69) is 36.1 Å². The SMILES string of the molecule is CCN(Cc1ccccc1)Cc1cc(OC)c(OC)cc1OC. The van der Waals surface area contributed by atoms with Gasteiger partial charge in [-0.15, -0.1) is 0 Å². The molecule has 0 heterocycles. The standard InChI is InChI=1S/C19H25NO3/c1-5-20(13-15-9-7-6-8-10-15)14-16-11-18(22-3)19(23-4)12-17(16)21-2/h6-12H,5,13-14H2,1-4H3. The normalized spacial score (nSPS) is 10.7. The van der Waals surface area contributed by atoms with Gasteiger partial charge in [0, 0.05) is 24.7 Å². The van der Waals surface area contributed by atoms with Crippen LogP contribution in [0.3, 0.4) is 0 Å². The predicted molar refractivity (Wildman–Crippen MR) is 92.3 cm³/mol. The van der Waals surface area contributed by atoms with Gasteiger partial charge < -0.3 is 14.2 Å². The smallest absolute Gasteiger partial charge is 0.164 e. The molecular formula is C19H25NO3. The van der Waals surface area contributed by atoms with Gasteiger partial charge in [0.05, 0.1) is 21.3 Å². The third-order valence-corrected chi connectivity index (χ3v) is 3.88. The number of methoxy groups -OCH3 is 3. The summed E-state index contributed by atoms with van der Waals surface area (Å²) in [6, 6.07) is 14.3. The Morgan fingerprint density at radius 2 is 1.39 bits per heavy atom. The summed E-state index contributed by atoms with van der Waals surface area (Å²) in [6.45, 7) is 4.80. The Kier molecular flexibility index (Phi) is 6.29. The van der Waals surface area contributed by atoms with Gasteiger partial charge in [-0.3, -0.25) is 4.90 Å². The molecule has 0 atom stereocenters. The topological polar surface area (TPSA) is 30.9 Å². The van der Waals surface area contributed by atoms with Crippen molar-refractivity contribution in [3.05, 3.63) is 53.6 Å². The van der Waals surface area contributed by atoms with E-state index in [1.165, 1.54) is 5.56 Å². The lowest BCUT2D eigenvalue weighted by molar-refractivity contribution is 0.264. The molecule has 0 saturated heterocycles. The monoisotopic (exact) mass is 315 g/mol. The van der Waals surface area contributed by atoms with Crippen LogP contribution < -0.4 is 14.2 Å². The van der Waals surface area contributed by atoms with Crippen LogP contribution in [-0.4, -0.2) is 32.8 Å². The molecule has 0 fully saturated rings. The van der Waals surface area contributed by atoms with E-state index in [4.69, 9.17) is 14.2 Å². The van der Waals surface area contributed by atoms with Gasteiger partial charge in [0.2, 0.25) is 0 Å². The second-order valence-corrected chi connectivity index (χ2v) is 5.31. The molecule has 0 aliphatic carbocycles. The molecule has 124 valence electrons. The van der Waals surface area contributed by atoms with Crippen LogP contribution >= 0.6 is 0 Å². The molecule has 0 saturated carbocycles. The molecule has 0 radical (unpaired) electrons. The van der Waals surface area contributed by atoms with Crippen LogP contribution in [-0.2, 0) is 13.1 Å². The molecule has 23 heavy (non-hydrogen) atoms. The van der Waals surface area contributed by atoms with Crippen molar-refractivity contribution < 1.29 is 14.2 Å². The Morgan fingerprint density at radius 1 is 0.783 bits per heavy atom. The predicted octanol–water partition coefficient (Wildman–Crippen LogP) is 3.73. The number of nitrogens with zero attached hydrogens (tertiary/aromatic N) is 1. The first-order valence-electron chi connectivity index (χ1n) is 7.77. The van der Waals surface area contributed by atoms with Crippen LogP contribution in [0.25, 0.3) is 0 Å². The highest BCUT2D eigenvalue weighted by atomic mass is 16.5. The Morgan fingerprint density at radius 3 is 1.96 bits per heavy atom. The second kappa shape index (κ2) is 8.44. The Hall–Kier alpha value is -2.20. The number of ether oxygens (including phenoxy) is 3. The van der Waals surface area contributed by atoms with Crippen molar-refractivity contribution in [2.45, 2.75) is 20.0 Å². The summed E-state index contributed by atoms with van der Waals surface area (Å²) in [5.41, 5.74) is 2.39. The molecule has 0 N–H and O–H groups in total. The van der Waals surface area contributed by atoms with Crippen LogP contribution in [0.1, 0.15) is 18.1 Å². The van der Waals surface area contributed by atoms with Crippen molar-refractivity contribution >= 4 is 0 Å². The minimum atomic E-state index is 0.680. The van der Waals surface area contributed by atoms with Crippen LogP contribution in [0.15, 0.2) is 42.5 Å². The highest BCUT2D eigenvalue weighted by molar-refractivity contribution is 5.50. The first kappa shape index (κ1) is 17.2. The molecule has 2 aromatic carbocycles. The molecular weight excluding hydrogens is 290 g/mol. The Bertz CT molecular complexity index is 614. The van der Waals surface area contributed by atoms with Crippen molar-refractivity contribution in [1.29, 1.82) is 0 Å². The van der Waals surface area contributed by atoms with E-state index < -0.39 is 0 Å². The first-order chi connectivity index (χ1) is 11.2. The Balaban J connectivity index is 2.22. The molecule has 2 rings (SSSR count). The average Bonchev–Trinajstić information content (AvgIpc) is 2.61. The van der Waals surface area contributed by atoms with E-state index in [9.17, 15) is 0 Å². The summed E-state index contributed by atoms with van der Waals surface area (Å²) >= 11 is 0. The zero-order valence-corrected chi connectivity index (χ0v) is 14.3. The number of hydrogen-bond donors (Lipinski definition) is 0. The Labute approximate surface area is 138 Å². The van der Waals surface area contributed by atoms with Gasteiger partial charge in [-0.05, 0) is 18.2 Å². The van der Waals surface area contributed by atoms with Gasteiger partial charge in [-0.1, -0.05) is 37.3 Å². The highest BCUT2D eigenvalue weighted by Crippen LogP contribution is 2.35. The van der Waals surface area contributed by atoms with E-state index in [0.717, 1.165) is 36.7 Å². The van der Waals surface area contributed by atoms with Crippen molar-refractivity contribution in [3.8, 4) is 17.2 Å². The van der Waals surface area contributed by atoms with Crippen molar-refractivity contribution in [1.82, 2.24) is 4.90 Å². The van der Waals surface area contributed by atoms with Gasteiger partial charge >= 0.3 is 0 Å². The van der Waals surface area contributed by atoms with Crippen LogP contribution in [0.2, 0.25) is 0 Å². The maximum Gasteiger partial charge on any atom is 0.164 e. The van der Waals surface area contributed by atoms with Crippen molar-refractivity contribution in [2.24, 2.45) is 0 Å². The number of hydrogen-bond acceptors (Lipinski definition) is 4. The van der Waals surface area contributed by atoms with Crippen LogP contribution in [0.5, 0.6) is 17.2 Å². The zero-order valence-electron chi connectivity index (χ0n) is 14.3. The quantitative estimate of drug-likeness (QED) is 0.742. The molecule has 0 spiro atoms. The number of rotatable bonds is 8. The molecule has 0 aromatic heterocycles. The van der Waals surface area contributed by atoms with Crippen molar-refractivity contribution in [3.63, 3.8) is 0 Å². The molecule has 2 aromatic rings. The summed E-state index contributed by atoms with van der Waals surface area (Å²) < 4.78 is 16.3. The van der Waals surface area contributed by atoms with E-state index in [-0.39, 0.29) is 0 Å². The van der Waals surface area contributed by atoms with Gasteiger partial charge in [0.25, 0.3) is 0 Å². The largest absolute Gasteiger partial charge is 0.496 e. The molecule has 0 aliphatic heterocycles. The fourth-order valence-corrected chi connectivity index (χ4v) is 2.58. The van der Waals surface area contributed by atoms with E-state index in [1.807, 2.05) is 18.2 Å². The molecule has 0 unspecified atom stereocenters. The second-order valence-electron chi connectivity index (χ2n) is 5.31. The lowest BCUT2D eigenvalue weighted by Gasteiger charge is -2.22. The first-order valence-corrected chi connectivity index (χ1v) is 7.77. The van der Waals surface area contributed by atoms with Crippen LogP contribution in [0, 0.1) is 0 Å². The average molecular weight is 315 g/mol. The summed E-state index contributed by atoms with van der Waals surface area (Å²) in [4.78, 5) is 2.36. The third kappa shape index (κ3) is 4.39. The molecule has 0 aliphatic rings. The lowest BCUT2D eigenvalue weighted by Crippen LogP contribution is -2.22. The molecule has 4 heteroatoms. The summed E-state index contributed by atoms with van der Waals surface area (Å²) in [5, 5.41) is 0. The summed E-state index contributed by atoms with van der Waals surface area (Å²) in [7, 11) is 4.96. The fraction of sp³-hybridized carbons (Fsp3) is 0.368. The maximum atomic E-state index is 5.52. The highest BCUT2D eigenvalue weighted by Gasteiger charge is 2.14. The van der Waals surface area contributed by atoms with Crippen molar-refractivity contribution in [2.75, 3.05) is 27.9 Å². The minimum absolute atomic E-state index is 0.680. The number of benzene rings is 2. The van der Waals surface area contributed by atoms with Crippen LogP contribution in [0.4, 0.5) is 0 Å². The van der Waals surface area contributed by atoms with Gasteiger partial charge in [-0.2, -0.15) is 0 Å². The minimum Gasteiger partial charge on any atom is -0.496 e. The van der Waals surface area contributed by atoms with Gasteiger partial charge in [-0.25, -0.2) is 0 Å². The lowest BCUT2D eigenvalue weighted by atomic mass is 10.1. The van der Waals surface area contributed by atoms with E-state index in [1.54, 1.807) is 21.3 Å². The van der Waals surface area contributed by atoms with Gasteiger partial charge in [0.1, 0.15) is 5.75 Å². The fourth-order valence-electron chi connectivity index (χ4n) is 2.58. The van der Waals surface area contributed by atoms with Gasteiger partial charge in [0.15, 0.2) is 11.5 Å². The molecule has 0 bridgehead atoms. The maximum absolute atomic E-state index is 5.52. The molecule has 0 amide bonds. The van der Waals surface area contributed by atoms with E-state index in [0.29, 0.717) is 5.75 Å². The molecule has 4 nitrogen and oxygen atoms in total. The van der Waals surface area contributed by atoms with E-state index >= 15 is 0 Å². The third-order valence-electron chi connectivity index (χ3n) is 3.88. The summed E-state index contributed by atoms with van der Waals surface area (Å²) in [6.07, 6.45) is 0. The summed E-state index contributed by atoms with van der Waals surface area (Å²) in [5.74, 6) is 2.22. The zero-order chi connectivity index (χ0) is 16.7.